The summed E-state index contributed by atoms with van der Waals surface area (Å²) in [4.78, 5) is 0. The van der Waals surface area contributed by atoms with Gasteiger partial charge in [-0.1, -0.05) is 37.1 Å². The summed E-state index contributed by atoms with van der Waals surface area (Å²) in [7, 11) is 0. The molecule has 28 heavy (non-hydrogen) atoms. The number of aryl methyl sites for hydroxylation is 1. The van der Waals surface area contributed by atoms with Gasteiger partial charge in [-0.2, -0.15) is 0 Å². The fourth-order valence-corrected chi connectivity index (χ4v) is 2.82. The number of ether oxygens (including phenoxy) is 1. The van der Waals surface area contributed by atoms with Crippen LogP contribution in [0.5, 0.6) is 5.75 Å². The van der Waals surface area contributed by atoms with Crippen LogP contribution in [0.25, 0.3) is 11.1 Å². The molecule has 0 spiro atoms. The van der Waals surface area contributed by atoms with Gasteiger partial charge in [-0.25, -0.2) is 13.2 Å². The second-order valence-electron chi connectivity index (χ2n) is 6.26. The number of hydrogen-bond acceptors (Lipinski definition) is 1. The van der Waals surface area contributed by atoms with E-state index in [1.165, 1.54) is 18.2 Å². The summed E-state index contributed by atoms with van der Waals surface area (Å²) in [5, 5.41) is 0. The van der Waals surface area contributed by atoms with Crippen molar-refractivity contribution in [1.82, 2.24) is 0 Å². The SMILES string of the molecule is CC#Cc1ccc(-c2ccc(OCc3ccc(CC)cc3F)cc2)c(F)c1F.[HH].[HH].[HH]. The van der Waals surface area contributed by atoms with Crippen LogP contribution in [0, 0.1) is 29.3 Å². The first-order valence-electron chi connectivity index (χ1n) is 8.94. The molecule has 3 aromatic carbocycles. The molecule has 0 aromatic heterocycles. The fourth-order valence-electron chi connectivity index (χ4n) is 2.82. The number of halogens is 3. The Kier molecular flexibility index (Phi) is 6.06. The molecular weight excluding hydrogens is 361 g/mol. The van der Waals surface area contributed by atoms with Crippen LogP contribution in [-0.4, -0.2) is 0 Å². The molecule has 0 aliphatic rings. The van der Waals surface area contributed by atoms with Crippen LogP contribution in [0.4, 0.5) is 13.2 Å². The maximum Gasteiger partial charge on any atom is 0.175 e. The van der Waals surface area contributed by atoms with Crippen molar-refractivity contribution in [3.05, 3.63) is 88.7 Å². The molecule has 0 amide bonds. The van der Waals surface area contributed by atoms with Gasteiger partial charge in [0, 0.05) is 15.4 Å². The fraction of sp³-hybridized carbons (Fsp3) is 0.167. The van der Waals surface area contributed by atoms with Gasteiger partial charge in [0.15, 0.2) is 11.6 Å². The third-order valence-corrected chi connectivity index (χ3v) is 4.43. The minimum Gasteiger partial charge on any atom is -0.489 e. The predicted octanol–water partition coefficient (Wildman–Crippen LogP) is 7.02. The number of hydrogen-bond donors (Lipinski definition) is 0. The lowest BCUT2D eigenvalue weighted by atomic mass is 10.0. The second kappa shape index (κ2) is 8.67. The summed E-state index contributed by atoms with van der Waals surface area (Å²) in [6.45, 7) is 3.61. The third kappa shape index (κ3) is 4.20. The van der Waals surface area contributed by atoms with Gasteiger partial charge in [-0.15, -0.1) is 5.92 Å². The van der Waals surface area contributed by atoms with Gasteiger partial charge in [0.1, 0.15) is 18.2 Å². The van der Waals surface area contributed by atoms with Crippen LogP contribution in [0.15, 0.2) is 54.6 Å². The van der Waals surface area contributed by atoms with Crippen molar-refractivity contribution in [2.45, 2.75) is 26.9 Å². The molecule has 0 atom stereocenters. The van der Waals surface area contributed by atoms with Gasteiger partial charge in [0.05, 0.1) is 5.56 Å². The van der Waals surface area contributed by atoms with Gasteiger partial charge in [0.2, 0.25) is 0 Å². The molecular formula is C24H25F3O. The van der Waals surface area contributed by atoms with Crippen LogP contribution in [0.3, 0.4) is 0 Å². The predicted molar refractivity (Wildman–Crippen MR) is 111 cm³/mol. The Balaban J connectivity index is 0.00000300. The molecule has 148 valence electrons. The largest absolute Gasteiger partial charge is 0.489 e. The lowest BCUT2D eigenvalue weighted by Crippen LogP contribution is -1.99. The lowest BCUT2D eigenvalue weighted by molar-refractivity contribution is 0.300. The quantitative estimate of drug-likeness (QED) is 0.428. The van der Waals surface area contributed by atoms with E-state index < -0.39 is 11.6 Å². The van der Waals surface area contributed by atoms with E-state index in [-0.39, 0.29) is 27.8 Å². The van der Waals surface area contributed by atoms with Crippen LogP contribution in [0.2, 0.25) is 0 Å². The summed E-state index contributed by atoms with van der Waals surface area (Å²) in [5.41, 5.74) is 2.07. The zero-order valence-electron chi connectivity index (χ0n) is 15.7. The maximum atomic E-state index is 14.3. The van der Waals surface area contributed by atoms with E-state index in [0.717, 1.165) is 12.0 Å². The monoisotopic (exact) mass is 386 g/mol. The molecule has 0 aliphatic carbocycles. The first-order valence-corrected chi connectivity index (χ1v) is 8.94. The van der Waals surface area contributed by atoms with Crippen molar-refractivity contribution in [3.63, 3.8) is 0 Å². The summed E-state index contributed by atoms with van der Waals surface area (Å²) in [5.74, 6) is 3.40. The standard InChI is InChI=1S/C24H19F3O.3H2/c1-3-5-18-10-13-21(24(27)23(18)26)17-8-11-20(12-9-17)28-15-19-7-6-16(4-2)14-22(19)25;;;/h6-14H,4,15H2,1-2H3;3*1H. The van der Waals surface area contributed by atoms with Gasteiger partial charge < -0.3 is 4.74 Å². The molecule has 0 radical (unpaired) electrons. The van der Waals surface area contributed by atoms with Crippen molar-refractivity contribution in [3.8, 4) is 28.7 Å². The van der Waals surface area contributed by atoms with E-state index in [9.17, 15) is 13.2 Å². The molecule has 0 saturated heterocycles. The van der Waals surface area contributed by atoms with E-state index >= 15 is 0 Å². The van der Waals surface area contributed by atoms with Crippen LogP contribution < -0.4 is 4.74 Å². The van der Waals surface area contributed by atoms with Crippen LogP contribution in [-0.2, 0) is 13.0 Å². The first-order chi connectivity index (χ1) is 13.5. The van der Waals surface area contributed by atoms with Crippen molar-refractivity contribution in [2.24, 2.45) is 0 Å². The summed E-state index contributed by atoms with van der Waals surface area (Å²) >= 11 is 0. The van der Waals surface area contributed by atoms with E-state index in [0.29, 0.717) is 16.9 Å². The van der Waals surface area contributed by atoms with E-state index in [1.54, 1.807) is 37.3 Å². The van der Waals surface area contributed by atoms with Crippen molar-refractivity contribution in [2.75, 3.05) is 0 Å². The Morgan fingerprint density at radius 3 is 2.32 bits per heavy atom. The Morgan fingerprint density at radius 2 is 1.68 bits per heavy atom. The van der Waals surface area contributed by atoms with Crippen molar-refractivity contribution >= 4 is 0 Å². The second-order valence-corrected chi connectivity index (χ2v) is 6.26. The molecule has 1 nitrogen and oxygen atoms in total. The number of benzene rings is 3. The Bertz CT molecular complexity index is 1060. The zero-order valence-corrected chi connectivity index (χ0v) is 15.7. The lowest BCUT2D eigenvalue weighted by Gasteiger charge is -2.10. The molecule has 0 bridgehead atoms. The van der Waals surface area contributed by atoms with E-state index in [2.05, 4.69) is 11.8 Å². The smallest absolute Gasteiger partial charge is 0.175 e. The Hall–Kier alpha value is -3.19. The maximum absolute atomic E-state index is 14.3. The molecule has 3 aromatic rings. The third-order valence-electron chi connectivity index (χ3n) is 4.43. The topological polar surface area (TPSA) is 9.23 Å². The summed E-state index contributed by atoms with van der Waals surface area (Å²) in [6, 6.07) is 14.6. The minimum absolute atomic E-state index is 0. The Morgan fingerprint density at radius 1 is 0.929 bits per heavy atom. The summed E-state index contributed by atoms with van der Waals surface area (Å²) in [6.07, 6.45) is 0.767. The van der Waals surface area contributed by atoms with Gasteiger partial charge in [-0.3, -0.25) is 0 Å². The molecule has 0 unspecified atom stereocenters. The molecule has 0 aliphatic heterocycles. The number of rotatable bonds is 5. The van der Waals surface area contributed by atoms with Crippen molar-refractivity contribution < 1.29 is 22.2 Å². The van der Waals surface area contributed by atoms with E-state index in [4.69, 9.17) is 4.74 Å². The highest BCUT2D eigenvalue weighted by Crippen LogP contribution is 2.28. The highest BCUT2D eigenvalue weighted by atomic mass is 19.2. The molecule has 0 fully saturated rings. The van der Waals surface area contributed by atoms with Gasteiger partial charge in [0.25, 0.3) is 0 Å². The highest BCUT2D eigenvalue weighted by Gasteiger charge is 2.14. The minimum atomic E-state index is -0.960. The molecule has 4 heteroatoms. The van der Waals surface area contributed by atoms with Crippen molar-refractivity contribution in [1.29, 1.82) is 0 Å². The van der Waals surface area contributed by atoms with Gasteiger partial charge in [-0.05, 0) is 54.8 Å². The van der Waals surface area contributed by atoms with Gasteiger partial charge >= 0.3 is 0 Å². The molecule has 0 heterocycles. The normalized spacial score (nSPS) is 10.3. The molecule has 3 rings (SSSR count). The summed E-state index contributed by atoms with van der Waals surface area (Å²) < 4.78 is 48.1. The van der Waals surface area contributed by atoms with Crippen LogP contribution >= 0.6 is 0 Å². The zero-order chi connectivity index (χ0) is 20.1. The van der Waals surface area contributed by atoms with E-state index in [1.807, 2.05) is 13.0 Å². The Labute approximate surface area is 167 Å². The first kappa shape index (κ1) is 19.6. The molecule has 0 N–H and O–H groups in total. The highest BCUT2D eigenvalue weighted by molar-refractivity contribution is 5.66. The van der Waals surface area contributed by atoms with Crippen LogP contribution in [0.1, 0.15) is 34.8 Å². The average Bonchev–Trinajstić information content (AvgIpc) is 2.71. The molecule has 0 saturated carbocycles. The average molecular weight is 386 g/mol.